The zero-order valence-corrected chi connectivity index (χ0v) is 13.5. The van der Waals surface area contributed by atoms with Crippen molar-refractivity contribution in [2.24, 2.45) is 5.73 Å². The highest BCUT2D eigenvalue weighted by molar-refractivity contribution is 5.51. The van der Waals surface area contributed by atoms with Crippen LogP contribution in [0.3, 0.4) is 0 Å². The molecule has 1 aromatic carbocycles. The number of halogens is 1. The summed E-state index contributed by atoms with van der Waals surface area (Å²) in [4.78, 5) is 1.91. The molecule has 1 aromatic rings. The fraction of sp³-hybridized carbons (Fsp3) is 0.333. The Morgan fingerprint density at radius 1 is 1.27 bits per heavy atom. The highest BCUT2D eigenvalue weighted by atomic mass is 19.1. The van der Waals surface area contributed by atoms with Gasteiger partial charge in [0, 0.05) is 25.4 Å². The third-order valence-corrected chi connectivity index (χ3v) is 3.76. The van der Waals surface area contributed by atoms with Crippen LogP contribution in [0.2, 0.25) is 0 Å². The van der Waals surface area contributed by atoms with Crippen molar-refractivity contribution in [1.82, 2.24) is 10.2 Å². The van der Waals surface area contributed by atoms with Crippen molar-refractivity contribution >= 4 is 0 Å². The second-order valence-electron chi connectivity index (χ2n) is 5.58. The molecule has 0 spiro atoms. The Morgan fingerprint density at radius 2 is 1.95 bits per heavy atom. The zero-order chi connectivity index (χ0) is 16.3. The number of hydrogen-bond acceptors (Lipinski definition) is 3. The number of nitrogens with one attached hydrogen (secondary N) is 1. The summed E-state index contributed by atoms with van der Waals surface area (Å²) in [5, 5.41) is 3.10. The average molecular weight is 299 g/mol. The molecule has 0 fully saturated rings. The monoisotopic (exact) mass is 299 g/mol. The van der Waals surface area contributed by atoms with Gasteiger partial charge < -0.3 is 16.0 Å². The number of benzene rings is 1. The van der Waals surface area contributed by atoms with E-state index >= 15 is 0 Å². The molecule has 1 unspecified atom stereocenters. The first-order valence-electron chi connectivity index (χ1n) is 7.26. The topological polar surface area (TPSA) is 41.3 Å². The first kappa shape index (κ1) is 16.3. The fourth-order valence-corrected chi connectivity index (χ4v) is 2.38. The van der Waals surface area contributed by atoms with Crippen LogP contribution in [0.1, 0.15) is 16.7 Å². The molecule has 0 saturated heterocycles. The van der Waals surface area contributed by atoms with E-state index in [0.717, 1.165) is 16.7 Å². The van der Waals surface area contributed by atoms with E-state index in [-0.39, 0.29) is 12.0 Å². The molecule has 0 aliphatic carbocycles. The van der Waals surface area contributed by atoms with Gasteiger partial charge in [0.2, 0.25) is 0 Å². The molecule has 22 heavy (non-hydrogen) atoms. The van der Waals surface area contributed by atoms with Crippen LogP contribution in [-0.4, -0.2) is 31.7 Å². The molecule has 4 heteroatoms. The predicted octanol–water partition coefficient (Wildman–Crippen LogP) is 2.05. The van der Waals surface area contributed by atoms with E-state index in [1.54, 1.807) is 13.0 Å². The number of aryl methyl sites for hydroxylation is 2. The third kappa shape index (κ3) is 3.38. The van der Waals surface area contributed by atoms with Crippen LogP contribution >= 0.6 is 0 Å². The van der Waals surface area contributed by atoms with Crippen LogP contribution in [-0.2, 0) is 0 Å². The summed E-state index contributed by atoms with van der Waals surface area (Å²) in [6.07, 6.45) is 3.70. The Bertz CT molecular complexity index is 692. The summed E-state index contributed by atoms with van der Waals surface area (Å²) in [6, 6.07) is 3.66. The van der Waals surface area contributed by atoms with Gasteiger partial charge in [0.05, 0.1) is 11.7 Å². The third-order valence-electron chi connectivity index (χ3n) is 3.76. The van der Waals surface area contributed by atoms with Crippen molar-refractivity contribution in [2.45, 2.75) is 20.0 Å². The van der Waals surface area contributed by atoms with Gasteiger partial charge in [-0.3, -0.25) is 0 Å². The zero-order valence-electron chi connectivity index (χ0n) is 13.5. The van der Waals surface area contributed by atoms with Crippen LogP contribution in [0.4, 0.5) is 4.39 Å². The number of nitrogens with zero attached hydrogens (tertiary/aromatic N) is 1. The normalized spacial score (nSPS) is 17.5. The molecule has 3 N–H and O–H groups in total. The van der Waals surface area contributed by atoms with Crippen LogP contribution in [0, 0.1) is 31.5 Å². The lowest BCUT2D eigenvalue weighted by atomic mass is 10.0. The molecule has 0 saturated carbocycles. The molecule has 1 heterocycles. The van der Waals surface area contributed by atoms with Crippen LogP contribution in [0.15, 0.2) is 35.6 Å². The highest BCUT2D eigenvalue weighted by Gasteiger charge is 2.16. The Labute approximate surface area is 131 Å². The van der Waals surface area contributed by atoms with Crippen LogP contribution < -0.4 is 11.1 Å². The van der Waals surface area contributed by atoms with E-state index in [2.05, 4.69) is 17.2 Å². The maximum Gasteiger partial charge on any atom is 0.141 e. The van der Waals surface area contributed by atoms with Gasteiger partial charge in [0.25, 0.3) is 0 Å². The molecule has 0 aromatic heterocycles. The van der Waals surface area contributed by atoms with Gasteiger partial charge in [0.1, 0.15) is 5.82 Å². The lowest BCUT2D eigenvalue weighted by molar-refractivity contribution is 0.365. The van der Waals surface area contributed by atoms with Gasteiger partial charge in [0.15, 0.2) is 0 Å². The molecule has 1 aliphatic heterocycles. The Balaban J connectivity index is 2.36. The summed E-state index contributed by atoms with van der Waals surface area (Å²) in [7, 11) is 3.79. The quantitative estimate of drug-likeness (QED) is 0.821. The molecular formula is C18H22FN3. The summed E-state index contributed by atoms with van der Waals surface area (Å²) in [5.41, 5.74) is 9.91. The van der Waals surface area contributed by atoms with E-state index in [1.807, 2.05) is 44.3 Å². The van der Waals surface area contributed by atoms with Crippen molar-refractivity contribution in [3.63, 3.8) is 0 Å². The van der Waals surface area contributed by atoms with Crippen molar-refractivity contribution < 1.29 is 4.39 Å². The summed E-state index contributed by atoms with van der Waals surface area (Å²) < 4.78 is 14.2. The summed E-state index contributed by atoms with van der Waals surface area (Å²) in [6.45, 7) is 4.31. The number of allylic oxidation sites excluding steroid dienone is 2. The van der Waals surface area contributed by atoms with E-state index in [1.165, 1.54) is 0 Å². The molecule has 2 rings (SSSR count). The maximum absolute atomic E-state index is 14.2. The number of rotatable bonds is 2. The Morgan fingerprint density at radius 3 is 2.64 bits per heavy atom. The summed E-state index contributed by atoms with van der Waals surface area (Å²) >= 11 is 0. The first-order valence-corrected chi connectivity index (χ1v) is 7.26. The minimum atomic E-state index is -0.242. The van der Waals surface area contributed by atoms with E-state index < -0.39 is 0 Å². The van der Waals surface area contributed by atoms with Gasteiger partial charge >= 0.3 is 0 Å². The van der Waals surface area contributed by atoms with Crippen LogP contribution in [0.25, 0.3) is 0 Å². The van der Waals surface area contributed by atoms with Crippen molar-refractivity contribution in [2.75, 3.05) is 20.6 Å². The number of likely N-dealkylation sites (N-methyl/N-ethyl adjacent to an activating group) is 2. The van der Waals surface area contributed by atoms with Gasteiger partial charge in [-0.25, -0.2) is 4.39 Å². The van der Waals surface area contributed by atoms with Gasteiger partial charge in [-0.1, -0.05) is 24.0 Å². The van der Waals surface area contributed by atoms with Crippen LogP contribution in [0.5, 0.6) is 0 Å². The molecule has 0 amide bonds. The van der Waals surface area contributed by atoms with E-state index in [0.29, 0.717) is 17.7 Å². The minimum absolute atomic E-state index is 0.157. The van der Waals surface area contributed by atoms with Crippen molar-refractivity contribution in [3.8, 4) is 11.8 Å². The average Bonchev–Trinajstić information content (AvgIpc) is 2.48. The van der Waals surface area contributed by atoms with E-state index in [9.17, 15) is 4.39 Å². The number of hydrogen-bond donors (Lipinski definition) is 2. The Hall–Kier alpha value is -2.09. The molecule has 116 valence electrons. The molecular weight excluding hydrogens is 277 g/mol. The lowest BCUT2D eigenvalue weighted by Crippen LogP contribution is -2.42. The molecule has 0 radical (unpaired) electrons. The second kappa shape index (κ2) is 6.78. The molecule has 1 atom stereocenters. The SMILES string of the molecule is CNCC1=CC(C#Cc2c(C)ccc(C)c2F)=CN(C)C1N. The minimum Gasteiger partial charge on any atom is -0.360 e. The molecule has 3 nitrogen and oxygen atoms in total. The lowest BCUT2D eigenvalue weighted by Gasteiger charge is -2.29. The first-order chi connectivity index (χ1) is 10.4. The highest BCUT2D eigenvalue weighted by Crippen LogP contribution is 2.18. The van der Waals surface area contributed by atoms with Gasteiger partial charge in [-0.2, -0.15) is 0 Å². The maximum atomic E-state index is 14.2. The number of nitrogens with two attached hydrogens (primary N) is 1. The van der Waals surface area contributed by atoms with Gasteiger partial charge in [-0.15, -0.1) is 0 Å². The smallest absolute Gasteiger partial charge is 0.141 e. The summed E-state index contributed by atoms with van der Waals surface area (Å²) in [5.74, 6) is 5.78. The van der Waals surface area contributed by atoms with E-state index in [4.69, 9.17) is 5.73 Å². The fourth-order valence-electron chi connectivity index (χ4n) is 2.38. The molecule has 0 bridgehead atoms. The largest absolute Gasteiger partial charge is 0.360 e. The second-order valence-corrected chi connectivity index (χ2v) is 5.58. The molecule has 1 aliphatic rings. The standard InChI is InChI=1S/C18H22FN3/c1-12-5-6-13(2)17(19)16(12)8-7-14-9-15(10-21-3)18(20)22(4)11-14/h5-6,9,11,18,21H,10,20H2,1-4H3. The van der Waals surface area contributed by atoms with Crippen molar-refractivity contribution in [3.05, 3.63) is 58.1 Å². The Kier molecular flexibility index (Phi) is 5.02. The predicted molar refractivity (Wildman–Crippen MR) is 88.6 cm³/mol. The van der Waals surface area contributed by atoms with Crippen molar-refractivity contribution in [1.29, 1.82) is 0 Å². The van der Waals surface area contributed by atoms with Gasteiger partial charge in [-0.05, 0) is 43.7 Å².